The van der Waals surface area contributed by atoms with Crippen LogP contribution in [-0.4, -0.2) is 17.6 Å². The van der Waals surface area contributed by atoms with E-state index in [9.17, 15) is 9.59 Å². The highest BCUT2D eigenvalue weighted by Gasteiger charge is 2.18. The van der Waals surface area contributed by atoms with E-state index in [2.05, 4.69) is 11.9 Å². The summed E-state index contributed by atoms with van der Waals surface area (Å²) in [5.74, 6) is 0.161. The number of nitrogens with zero attached hydrogens (tertiary/aromatic N) is 1. The number of fused-ring (bicyclic) bond motifs is 3. The topological polar surface area (TPSA) is 78.6 Å². The molecule has 6 nitrogen and oxygen atoms in total. The van der Waals surface area contributed by atoms with E-state index in [0.29, 0.717) is 23.3 Å². The summed E-state index contributed by atoms with van der Waals surface area (Å²) in [5.41, 5.74) is -0.0680. The van der Waals surface area contributed by atoms with E-state index in [1.54, 1.807) is 12.1 Å². The highest BCUT2D eigenvalue weighted by Crippen LogP contribution is 2.36. The van der Waals surface area contributed by atoms with Gasteiger partial charge < -0.3 is 13.9 Å². The lowest BCUT2D eigenvalue weighted by Gasteiger charge is -2.12. The molecule has 136 valence electrons. The quantitative estimate of drug-likeness (QED) is 0.208. The van der Waals surface area contributed by atoms with Crippen molar-refractivity contribution >= 4 is 39.4 Å². The lowest BCUT2D eigenvalue weighted by Crippen LogP contribution is -2.06. The molecule has 0 radical (unpaired) electrons. The van der Waals surface area contributed by atoms with Gasteiger partial charge in [0.05, 0.1) is 22.5 Å². The molecule has 0 spiro atoms. The average molecular weight is 376 g/mol. The smallest absolute Gasteiger partial charge is 0.347 e. The Kier molecular flexibility index (Phi) is 5.42. The summed E-state index contributed by atoms with van der Waals surface area (Å²) < 4.78 is 16.4. The number of rotatable bonds is 6. The van der Waals surface area contributed by atoms with Gasteiger partial charge in [-0.3, -0.25) is 9.78 Å². The molecule has 0 N–H and O–H groups in total. The Balaban J connectivity index is 2.20. The molecule has 0 amide bonds. The van der Waals surface area contributed by atoms with Crippen LogP contribution in [0.4, 0.5) is 0 Å². The molecule has 2 heterocycles. The number of benzene rings is 1. The maximum Gasteiger partial charge on any atom is 0.347 e. The number of carbonyl (C=O) groups is 1. The van der Waals surface area contributed by atoms with E-state index in [-0.39, 0.29) is 21.7 Å². The largest absolute Gasteiger partial charge is 0.493 e. The first-order valence-corrected chi connectivity index (χ1v) is 8.75. The van der Waals surface area contributed by atoms with Crippen LogP contribution in [0.15, 0.2) is 33.6 Å². The third-order valence-electron chi connectivity index (χ3n) is 3.85. The van der Waals surface area contributed by atoms with Crippen molar-refractivity contribution in [3.05, 3.63) is 39.8 Å². The van der Waals surface area contributed by atoms with Gasteiger partial charge in [0.15, 0.2) is 0 Å². The third kappa shape index (κ3) is 3.65. The van der Waals surface area contributed by atoms with Gasteiger partial charge in [-0.25, -0.2) is 4.79 Å². The van der Waals surface area contributed by atoms with Crippen molar-refractivity contribution in [1.82, 2.24) is 4.98 Å². The van der Waals surface area contributed by atoms with Crippen LogP contribution in [0, 0.1) is 0 Å². The summed E-state index contributed by atoms with van der Waals surface area (Å²) in [6.45, 7) is 3.91. The van der Waals surface area contributed by atoms with Gasteiger partial charge in [0.1, 0.15) is 22.5 Å². The molecule has 0 saturated heterocycles. The van der Waals surface area contributed by atoms with Crippen molar-refractivity contribution in [3.63, 3.8) is 0 Å². The molecule has 2 aromatic heterocycles. The SMILES string of the molecule is CCCCCOc1cc(OC(C)=O)c2c(c1)oc(=O)c1c(Cl)ccnc12. The second-order valence-corrected chi connectivity index (χ2v) is 6.26. The summed E-state index contributed by atoms with van der Waals surface area (Å²) in [6, 6.07) is 4.69. The predicted molar refractivity (Wildman–Crippen MR) is 99.1 cm³/mol. The third-order valence-corrected chi connectivity index (χ3v) is 4.17. The predicted octanol–water partition coefficient (Wildman–Crippen LogP) is 4.49. The van der Waals surface area contributed by atoms with Crippen molar-refractivity contribution in [2.45, 2.75) is 33.1 Å². The maximum absolute atomic E-state index is 12.3. The molecule has 0 aliphatic rings. The van der Waals surface area contributed by atoms with Crippen LogP contribution in [0.1, 0.15) is 33.1 Å². The Labute approximate surface area is 154 Å². The van der Waals surface area contributed by atoms with Gasteiger partial charge in [-0.05, 0) is 12.5 Å². The first-order valence-electron chi connectivity index (χ1n) is 8.37. The summed E-state index contributed by atoms with van der Waals surface area (Å²) >= 11 is 6.12. The Morgan fingerprint density at radius 1 is 1.27 bits per heavy atom. The molecular formula is C19H18ClNO5. The zero-order valence-corrected chi connectivity index (χ0v) is 15.3. The molecule has 0 bridgehead atoms. The van der Waals surface area contributed by atoms with Crippen LogP contribution in [0.3, 0.4) is 0 Å². The minimum absolute atomic E-state index is 0.145. The van der Waals surface area contributed by atoms with E-state index in [0.717, 1.165) is 19.3 Å². The monoisotopic (exact) mass is 375 g/mol. The maximum atomic E-state index is 12.3. The zero-order valence-electron chi connectivity index (χ0n) is 14.5. The normalized spacial score (nSPS) is 11.0. The number of aromatic nitrogens is 1. The summed E-state index contributed by atoms with van der Waals surface area (Å²) in [4.78, 5) is 28.1. The Bertz CT molecular complexity index is 1030. The zero-order chi connectivity index (χ0) is 18.7. The van der Waals surface area contributed by atoms with Crippen LogP contribution < -0.4 is 15.1 Å². The van der Waals surface area contributed by atoms with Crippen LogP contribution in [0.25, 0.3) is 21.9 Å². The van der Waals surface area contributed by atoms with Crippen molar-refractivity contribution < 1.29 is 18.7 Å². The molecule has 3 rings (SSSR count). The minimum atomic E-state index is -0.609. The molecule has 0 aliphatic heterocycles. The van der Waals surface area contributed by atoms with Gasteiger partial charge in [0.25, 0.3) is 0 Å². The van der Waals surface area contributed by atoms with E-state index in [1.165, 1.54) is 19.2 Å². The minimum Gasteiger partial charge on any atom is -0.493 e. The summed E-state index contributed by atoms with van der Waals surface area (Å²) in [6.07, 6.45) is 4.51. The number of unbranched alkanes of at least 4 members (excludes halogenated alkanes) is 2. The number of ether oxygens (including phenoxy) is 2. The molecule has 0 atom stereocenters. The van der Waals surface area contributed by atoms with Crippen molar-refractivity contribution in [2.75, 3.05) is 6.61 Å². The van der Waals surface area contributed by atoms with Crippen LogP contribution >= 0.6 is 11.6 Å². The molecule has 0 aliphatic carbocycles. The fourth-order valence-electron chi connectivity index (χ4n) is 2.71. The van der Waals surface area contributed by atoms with Crippen molar-refractivity contribution in [1.29, 1.82) is 0 Å². The Morgan fingerprint density at radius 3 is 2.81 bits per heavy atom. The van der Waals surface area contributed by atoms with E-state index in [1.807, 2.05) is 0 Å². The second-order valence-electron chi connectivity index (χ2n) is 5.85. The van der Waals surface area contributed by atoms with E-state index in [4.69, 9.17) is 25.5 Å². The Hall–Kier alpha value is -2.60. The number of hydrogen-bond acceptors (Lipinski definition) is 6. The molecule has 0 fully saturated rings. The molecule has 0 saturated carbocycles. The summed E-state index contributed by atoms with van der Waals surface area (Å²) in [7, 11) is 0. The fourth-order valence-corrected chi connectivity index (χ4v) is 2.94. The van der Waals surface area contributed by atoms with Crippen LogP contribution in [0.5, 0.6) is 11.5 Å². The summed E-state index contributed by atoms with van der Waals surface area (Å²) in [5, 5.41) is 0.768. The van der Waals surface area contributed by atoms with Gasteiger partial charge in [-0.1, -0.05) is 31.4 Å². The van der Waals surface area contributed by atoms with Crippen LogP contribution in [-0.2, 0) is 4.79 Å². The number of esters is 1. The fraction of sp³-hybridized carbons (Fsp3) is 0.316. The molecule has 1 aromatic carbocycles. The average Bonchev–Trinajstić information content (AvgIpc) is 2.58. The number of hydrogen-bond donors (Lipinski definition) is 0. The van der Waals surface area contributed by atoms with Crippen LogP contribution in [0.2, 0.25) is 5.02 Å². The molecular weight excluding hydrogens is 358 g/mol. The Morgan fingerprint density at radius 2 is 2.08 bits per heavy atom. The standard InChI is InChI=1S/C19H18ClNO5/c1-3-4-5-8-24-12-9-14(25-11(2)22)17-15(10-12)26-19(23)16-13(20)6-7-21-18(16)17/h6-7,9-10H,3-5,8H2,1-2H3. The van der Waals surface area contributed by atoms with Crippen molar-refractivity contribution in [2.24, 2.45) is 0 Å². The lowest BCUT2D eigenvalue weighted by molar-refractivity contribution is -0.131. The number of halogens is 1. The van der Waals surface area contributed by atoms with Gasteiger partial charge in [0.2, 0.25) is 0 Å². The van der Waals surface area contributed by atoms with Gasteiger partial charge in [-0.2, -0.15) is 0 Å². The highest BCUT2D eigenvalue weighted by molar-refractivity contribution is 6.36. The number of carbonyl (C=O) groups excluding carboxylic acids is 1. The van der Waals surface area contributed by atoms with E-state index < -0.39 is 11.6 Å². The first-order chi connectivity index (χ1) is 12.5. The first kappa shape index (κ1) is 18.2. The van der Waals surface area contributed by atoms with E-state index >= 15 is 0 Å². The lowest BCUT2D eigenvalue weighted by atomic mass is 10.1. The van der Waals surface area contributed by atoms with Gasteiger partial charge >= 0.3 is 11.6 Å². The van der Waals surface area contributed by atoms with Gasteiger partial charge in [0, 0.05) is 25.3 Å². The molecule has 0 unspecified atom stereocenters. The molecule has 3 aromatic rings. The molecule has 7 heteroatoms. The number of pyridine rings is 1. The second kappa shape index (κ2) is 7.74. The van der Waals surface area contributed by atoms with Gasteiger partial charge in [-0.15, -0.1) is 0 Å². The molecule has 26 heavy (non-hydrogen) atoms. The highest BCUT2D eigenvalue weighted by atomic mass is 35.5. The van der Waals surface area contributed by atoms with Crippen molar-refractivity contribution in [3.8, 4) is 11.5 Å².